The van der Waals surface area contributed by atoms with E-state index in [1.807, 2.05) is 29.1 Å². The molecule has 0 radical (unpaired) electrons. The Labute approximate surface area is 219 Å². The molecule has 2 aromatic carbocycles. The third kappa shape index (κ3) is 7.73. The minimum atomic E-state index is 0. The number of nitrogens with one attached hydrogen (secondary N) is 2. The van der Waals surface area contributed by atoms with Crippen LogP contribution in [0.15, 0.2) is 65.9 Å². The van der Waals surface area contributed by atoms with Gasteiger partial charge in [0, 0.05) is 50.0 Å². The van der Waals surface area contributed by atoms with Gasteiger partial charge in [-0.25, -0.2) is 0 Å². The molecule has 34 heavy (non-hydrogen) atoms. The van der Waals surface area contributed by atoms with Gasteiger partial charge in [0.1, 0.15) is 5.75 Å². The SMILES string of the molecule is CN=C(NCc1cnn(Cc2ccccc2)c1)NCc1ccc(C)cc1OCC1CCOC1.I. The van der Waals surface area contributed by atoms with Crippen molar-refractivity contribution in [2.75, 3.05) is 26.9 Å². The summed E-state index contributed by atoms with van der Waals surface area (Å²) in [6, 6.07) is 16.7. The van der Waals surface area contributed by atoms with Crippen molar-refractivity contribution < 1.29 is 9.47 Å². The molecule has 3 aromatic rings. The van der Waals surface area contributed by atoms with Gasteiger partial charge in [0.25, 0.3) is 0 Å². The number of halogens is 1. The van der Waals surface area contributed by atoms with Crippen LogP contribution in [0.5, 0.6) is 5.75 Å². The standard InChI is InChI=1S/C26H33N5O2.HI/c1-20-8-9-24(25(12-20)33-19-22-10-11-32-18-22)15-29-26(27-2)28-13-23-14-30-31(17-23)16-21-6-4-3-5-7-21;/h3-9,12,14,17,22H,10-11,13,15-16,18-19H2,1-2H3,(H2,27,28,29);1H. The van der Waals surface area contributed by atoms with E-state index in [9.17, 15) is 0 Å². The highest BCUT2D eigenvalue weighted by Gasteiger charge is 2.17. The Morgan fingerprint density at radius 3 is 2.74 bits per heavy atom. The minimum Gasteiger partial charge on any atom is -0.493 e. The molecular weight excluding hydrogens is 541 g/mol. The lowest BCUT2D eigenvalue weighted by Gasteiger charge is -2.16. The van der Waals surface area contributed by atoms with Gasteiger partial charge in [-0.2, -0.15) is 5.10 Å². The first-order valence-electron chi connectivity index (χ1n) is 11.5. The van der Waals surface area contributed by atoms with Gasteiger partial charge in [0.2, 0.25) is 0 Å². The molecule has 1 aromatic heterocycles. The number of hydrogen-bond acceptors (Lipinski definition) is 4. The van der Waals surface area contributed by atoms with Crippen LogP contribution in [0.1, 0.15) is 28.7 Å². The summed E-state index contributed by atoms with van der Waals surface area (Å²) in [6.07, 6.45) is 5.02. The summed E-state index contributed by atoms with van der Waals surface area (Å²) >= 11 is 0. The number of aryl methyl sites for hydroxylation is 1. The van der Waals surface area contributed by atoms with E-state index >= 15 is 0 Å². The topological polar surface area (TPSA) is 72.7 Å². The summed E-state index contributed by atoms with van der Waals surface area (Å²) in [7, 11) is 1.78. The molecule has 1 saturated heterocycles. The zero-order chi connectivity index (χ0) is 22.9. The van der Waals surface area contributed by atoms with E-state index in [0.717, 1.165) is 49.0 Å². The second-order valence-electron chi connectivity index (χ2n) is 8.46. The highest BCUT2D eigenvalue weighted by atomic mass is 127. The molecule has 182 valence electrons. The van der Waals surface area contributed by atoms with Crippen LogP contribution in [0.2, 0.25) is 0 Å². The second kappa shape index (κ2) is 13.3. The summed E-state index contributed by atoms with van der Waals surface area (Å²) in [5.74, 6) is 2.14. The van der Waals surface area contributed by atoms with Crippen LogP contribution in [0.25, 0.3) is 0 Å². The number of benzene rings is 2. The third-order valence-electron chi connectivity index (χ3n) is 5.73. The van der Waals surface area contributed by atoms with E-state index in [4.69, 9.17) is 9.47 Å². The number of ether oxygens (including phenoxy) is 2. The number of hydrogen-bond donors (Lipinski definition) is 2. The van der Waals surface area contributed by atoms with Crippen molar-refractivity contribution in [3.8, 4) is 5.75 Å². The maximum Gasteiger partial charge on any atom is 0.191 e. The Kier molecular flexibility index (Phi) is 10.2. The molecule has 0 amide bonds. The Hall–Kier alpha value is -2.59. The first-order valence-corrected chi connectivity index (χ1v) is 11.5. The summed E-state index contributed by atoms with van der Waals surface area (Å²) in [5, 5.41) is 11.2. The van der Waals surface area contributed by atoms with Crippen LogP contribution in [0.3, 0.4) is 0 Å². The second-order valence-corrected chi connectivity index (χ2v) is 8.46. The molecular formula is C26H34IN5O2. The van der Waals surface area contributed by atoms with Crippen LogP contribution in [-0.2, 0) is 24.4 Å². The molecule has 8 heteroatoms. The first-order chi connectivity index (χ1) is 16.2. The number of aliphatic imine (C=N–C) groups is 1. The van der Waals surface area contributed by atoms with E-state index in [2.05, 4.69) is 64.2 Å². The average molecular weight is 575 g/mol. The number of nitrogens with zero attached hydrogens (tertiary/aromatic N) is 3. The van der Waals surface area contributed by atoms with E-state index < -0.39 is 0 Å². The van der Waals surface area contributed by atoms with Gasteiger partial charge in [-0.1, -0.05) is 42.5 Å². The normalized spacial score (nSPS) is 15.6. The molecule has 0 bridgehead atoms. The van der Waals surface area contributed by atoms with Crippen LogP contribution in [-0.4, -0.2) is 42.6 Å². The average Bonchev–Trinajstić information content (AvgIpc) is 3.51. The van der Waals surface area contributed by atoms with Crippen LogP contribution >= 0.6 is 24.0 Å². The molecule has 1 unspecified atom stereocenters. The molecule has 0 saturated carbocycles. The van der Waals surface area contributed by atoms with Crippen molar-refractivity contribution in [2.24, 2.45) is 10.9 Å². The monoisotopic (exact) mass is 575 g/mol. The molecule has 1 aliphatic rings. The van der Waals surface area contributed by atoms with Crippen molar-refractivity contribution in [1.29, 1.82) is 0 Å². The molecule has 1 atom stereocenters. The lowest BCUT2D eigenvalue weighted by molar-refractivity contribution is 0.166. The lowest BCUT2D eigenvalue weighted by Crippen LogP contribution is -2.36. The number of rotatable bonds is 9. The third-order valence-corrected chi connectivity index (χ3v) is 5.73. The van der Waals surface area contributed by atoms with E-state index in [-0.39, 0.29) is 24.0 Å². The smallest absolute Gasteiger partial charge is 0.191 e. The first kappa shape index (κ1) is 26.0. The molecule has 4 rings (SSSR count). The zero-order valence-electron chi connectivity index (χ0n) is 19.9. The quantitative estimate of drug-likeness (QED) is 0.228. The maximum absolute atomic E-state index is 6.16. The number of aromatic nitrogens is 2. The molecule has 1 aliphatic heterocycles. The Balaban J connectivity index is 0.00000324. The summed E-state index contributed by atoms with van der Waals surface area (Å²) < 4.78 is 13.6. The lowest BCUT2D eigenvalue weighted by atomic mass is 10.1. The Morgan fingerprint density at radius 2 is 1.97 bits per heavy atom. The zero-order valence-corrected chi connectivity index (χ0v) is 22.2. The largest absolute Gasteiger partial charge is 0.493 e. The van der Waals surface area contributed by atoms with Gasteiger partial charge in [0.05, 0.1) is 26.0 Å². The predicted molar refractivity (Wildman–Crippen MR) is 146 cm³/mol. The van der Waals surface area contributed by atoms with Crippen molar-refractivity contribution in [3.05, 3.63) is 83.2 Å². The van der Waals surface area contributed by atoms with Crippen molar-refractivity contribution in [2.45, 2.75) is 33.0 Å². The summed E-state index contributed by atoms with van der Waals surface area (Å²) in [4.78, 5) is 4.36. The van der Waals surface area contributed by atoms with Gasteiger partial charge < -0.3 is 20.1 Å². The maximum atomic E-state index is 6.16. The summed E-state index contributed by atoms with van der Waals surface area (Å²) in [5.41, 5.74) is 4.63. The van der Waals surface area contributed by atoms with Gasteiger partial charge in [-0.15, -0.1) is 24.0 Å². The van der Waals surface area contributed by atoms with Crippen LogP contribution < -0.4 is 15.4 Å². The fraction of sp³-hybridized carbons (Fsp3) is 0.385. The van der Waals surface area contributed by atoms with Crippen molar-refractivity contribution in [1.82, 2.24) is 20.4 Å². The minimum absolute atomic E-state index is 0. The Bertz CT molecular complexity index is 1050. The molecule has 0 aliphatic carbocycles. The van der Waals surface area contributed by atoms with E-state index in [1.165, 1.54) is 11.1 Å². The van der Waals surface area contributed by atoms with Gasteiger partial charge in [-0.3, -0.25) is 9.67 Å². The summed E-state index contributed by atoms with van der Waals surface area (Å²) in [6.45, 7) is 6.44. The van der Waals surface area contributed by atoms with Crippen LogP contribution in [0, 0.1) is 12.8 Å². The molecule has 0 spiro atoms. The van der Waals surface area contributed by atoms with Gasteiger partial charge in [0.15, 0.2) is 5.96 Å². The molecule has 2 N–H and O–H groups in total. The van der Waals surface area contributed by atoms with Crippen molar-refractivity contribution in [3.63, 3.8) is 0 Å². The fourth-order valence-corrected chi connectivity index (χ4v) is 3.80. The number of guanidine groups is 1. The van der Waals surface area contributed by atoms with Crippen molar-refractivity contribution >= 4 is 29.9 Å². The fourth-order valence-electron chi connectivity index (χ4n) is 3.80. The van der Waals surface area contributed by atoms with Gasteiger partial charge >= 0.3 is 0 Å². The molecule has 2 heterocycles. The molecule has 7 nitrogen and oxygen atoms in total. The van der Waals surface area contributed by atoms with Gasteiger partial charge in [-0.05, 0) is 30.5 Å². The highest BCUT2D eigenvalue weighted by molar-refractivity contribution is 14.0. The van der Waals surface area contributed by atoms with E-state index in [0.29, 0.717) is 25.6 Å². The highest BCUT2D eigenvalue weighted by Crippen LogP contribution is 2.22. The molecule has 1 fully saturated rings. The van der Waals surface area contributed by atoms with E-state index in [1.54, 1.807) is 7.05 Å². The Morgan fingerprint density at radius 1 is 1.15 bits per heavy atom. The predicted octanol–water partition coefficient (Wildman–Crippen LogP) is 4.14. The van der Waals surface area contributed by atoms with Crippen LogP contribution in [0.4, 0.5) is 0 Å².